The van der Waals surface area contributed by atoms with Crippen LogP contribution < -0.4 is 5.32 Å². The van der Waals surface area contributed by atoms with Gasteiger partial charge in [0.2, 0.25) is 5.91 Å². The topological polar surface area (TPSA) is 66.5 Å². The molecule has 112 valence electrons. The third kappa shape index (κ3) is 3.12. The number of hydrogen-bond donors (Lipinski definition) is 1. The fourth-order valence-corrected chi connectivity index (χ4v) is 2.59. The Bertz CT molecular complexity index is 569. The van der Waals surface area contributed by atoms with Crippen LogP contribution >= 0.6 is 0 Å². The zero-order valence-electron chi connectivity index (χ0n) is 12.4. The molecule has 1 N–H and O–H groups in total. The van der Waals surface area contributed by atoms with E-state index >= 15 is 0 Å². The van der Waals surface area contributed by atoms with Gasteiger partial charge in [0, 0.05) is 25.6 Å². The van der Waals surface area contributed by atoms with Gasteiger partial charge in [-0.15, -0.1) is 0 Å². The average Bonchev–Trinajstić information content (AvgIpc) is 2.84. The number of rotatable bonds is 6. The number of carbonyl (C=O) groups excluding carboxylic acids is 3. The van der Waals surface area contributed by atoms with Gasteiger partial charge in [0.1, 0.15) is 6.29 Å². The normalized spacial score (nSPS) is 14.8. The lowest BCUT2D eigenvalue weighted by molar-refractivity contribution is -0.121. The molecule has 2 rings (SSSR count). The van der Waals surface area contributed by atoms with Gasteiger partial charge in [-0.25, -0.2) is 0 Å². The molecule has 0 aliphatic carbocycles. The molecular weight excluding hydrogens is 268 g/mol. The van der Waals surface area contributed by atoms with Crippen molar-refractivity contribution in [2.75, 3.05) is 7.05 Å². The number of benzene rings is 1. The molecule has 1 aliphatic rings. The maximum absolute atomic E-state index is 12.4. The summed E-state index contributed by atoms with van der Waals surface area (Å²) in [6.45, 7) is 2.51. The van der Waals surface area contributed by atoms with Crippen molar-refractivity contribution in [2.45, 2.75) is 38.8 Å². The van der Waals surface area contributed by atoms with E-state index in [4.69, 9.17) is 0 Å². The van der Waals surface area contributed by atoms with Crippen molar-refractivity contribution >= 4 is 18.1 Å². The monoisotopic (exact) mass is 288 g/mol. The Balaban J connectivity index is 2.13. The minimum atomic E-state index is -0.549. The first-order valence-electron chi connectivity index (χ1n) is 7.19. The van der Waals surface area contributed by atoms with E-state index in [0.717, 1.165) is 18.3 Å². The van der Waals surface area contributed by atoms with Gasteiger partial charge in [-0.2, -0.15) is 0 Å². The maximum Gasteiger partial charge on any atom is 0.255 e. The van der Waals surface area contributed by atoms with Crippen molar-refractivity contribution in [1.82, 2.24) is 10.2 Å². The first-order chi connectivity index (χ1) is 10.1. The minimum absolute atomic E-state index is 0.123. The molecule has 5 nitrogen and oxygen atoms in total. The van der Waals surface area contributed by atoms with Crippen molar-refractivity contribution in [3.63, 3.8) is 0 Å². The van der Waals surface area contributed by atoms with Gasteiger partial charge in [0.05, 0.1) is 6.04 Å². The highest BCUT2D eigenvalue weighted by atomic mass is 16.2. The summed E-state index contributed by atoms with van der Waals surface area (Å²) >= 11 is 0. The van der Waals surface area contributed by atoms with Crippen LogP contribution in [0, 0.1) is 0 Å². The first-order valence-corrected chi connectivity index (χ1v) is 7.19. The van der Waals surface area contributed by atoms with Gasteiger partial charge in [-0.1, -0.05) is 19.1 Å². The molecule has 1 aromatic carbocycles. The standard InChI is InChI=1S/C16H20N2O3/c1-3-11-4-6-14-12(8-11)9-18(16(14)21)13(10-19)5-7-15(20)17-2/h4,6,8,10,13H,3,5,7,9H2,1-2H3,(H,17,20). The van der Waals surface area contributed by atoms with Gasteiger partial charge >= 0.3 is 0 Å². The Morgan fingerprint density at radius 2 is 2.24 bits per heavy atom. The van der Waals surface area contributed by atoms with Crippen LogP contribution in [-0.4, -0.2) is 36.1 Å². The lowest BCUT2D eigenvalue weighted by Gasteiger charge is -2.22. The zero-order valence-corrected chi connectivity index (χ0v) is 12.4. The number of fused-ring (bicyclic) bond motifs is 1. The molecule has 0 aromatic heterocycles. The molecule has 0 radical (unpaired) electrons. The van der Waals surface area contributed by atoms with Crippen molar-refractivity contribution < 1.29 is 14.4 Å². The highest BCUT2D eigenvalue weighted by Crippen LogP contribution is 2.26. The molecule has 1 atom stereocenters. The van der Waals surface area contributed by atoms with E-state index in [0.29, 0.717) is 18.5 Å². The minimum Gasteiger partial charge on any atom is -0.359 e. The predicted molar refractivity (Wildman–Crippen MR) is 78.8 cm³/mol. The third-order valence-electron chi connectivity index (χ3n) is 3.91. The van der Waals surface area contributed by atoms with Crippen LogP contribution in [-0.2, 0) is 22.6 Å². The molecule has 0 fully saturated rings. The van der Waals surface area contributed by atoms with Gasteiger partial charge in [-0.05, 0) is 30.0 Å². The van der Waals surface area contributed by atoms with Crippen molar-refractivity contribution in [1.29, 1.82) is 0 Å². The van der Waals surface area contributed by atoms with E-state index in [1.165, 1.54) is 5.56 Å². The summed E-state index contributed by atoms with van der Waals surface area (Å²) in [4.78, 5) is 36.5. The molecular formula is C16H20N2O3. The lowest BCUT2D eigenvalue weighted by atomic mass is 10.0. The molecule has 1 heterocycles. The number of nitrogens with one attached hydrogen (secondary N) is 1. The Morgan fingerprint density at radius 1 is 1.48 bits per heavy atom. The van der Waals surface area contributed by atoms with Gasteiger partial charge in [0.25, 0.3) is 5.91 Å². The highest BCUT2D eigenvalue weighted by Gasteiger charge is 2.32. The van der Waals surface area contributed by atoms with E-state index in [1.807, 2.05) is 18.2 Å². The van der Waals surface area contributed by atoms with Crippen molar-refractivity contribution in [3.05, 3.63) is 34.9 Å². The number of hydrogen-bond acceptors (Lipinski definition) is 3. The number of nitrogens with zero attached hydrogens (tertiary/aromatic N) is 1. The summed E-state index contributed by atoms with van der Waals surface area (Å²) in [6.07, 6.45) is 2.26. The number of aldehydes is 1. The molecule has 5 heteroatoms. The smallest absolute Gasteiger partial charge is 0.255 e. The second kappa shape index (κ2) is 6.52. The summed E-state index contributed by atoms with van der Waals surface area (Å²) in [6, 6.07) is 5.25. The van der Waals surface area contributed by atoms with E-state index in [1.54, 1.807) is 11.9 Å². The molecule has 1 unspecified atom stereocenters. The number of aryl methyl sites for hydroxylation is 1. The Hall–Kier alpha value is -2.17. The average molecular weight is 288 g/mol. The summed E-state index contributed by atoms with van der Waals surface area (Å²) in [7, 11) is 1.56. The molecule has 0 saturated heterocycles. The van der Waals surface area contributed by atoms with E-state index < -0.39 is 6.04 Å². The summed E-state index contributed by atoms with van der Waals surface area (Å²) in [5, 5.41) is 2.52. The van der Waals surface area contributed by atoms with Gasteiger partial charge < -0.3 is 15.0 Å². The first kappa shape index (κ1) is 15.2. The summed E-state index contributed by atoms with van der Waals surface area (Å²) in [5.74, 6) is -0.249. The maximum atomic E-state index is 12.4. The van der Waals surface area contributed by atoms with E-state index in [9.17, 15) is 14.4 Å². The van der Waals surface area contributed by atoms with Crippen LogP contribution in [0.5, 0.6) is 0 Å². The van der Waals surface area contributed by atoms with Gasteiger partial charge in [0.15, 0.2) is 0 Å². The zero-order chi connectivity index (χ0) is 15.4. The molecule has 1 aromatic rings. The lowest BCUT2D eigenvalue weighted by Crippen LogP contribution is -2.37. The van der Waals surface area contributed by atoms with Crippen LogP contribution in [0.4, 0.5) is 0 Å². The summed E-state index contributed by atoms with van der Waals surface area (Å²) in [5.41, 5.74) is 2.81. The number of carbonyl (C=O) groups is 3. The second-order valence-electron chi connectivity index (χ2n) is 5.19. The largest absolute Gasteiger partial charge is 0.359 e. The second-order valence-corrected chi connectivity index (χ2v) is 5.19. The molecule has 2 amide bonds. The van der Waals surface area contributed by atoms with E-state index in [-0.39, 0.29) is 18.2 Å². The predicted octanol–water partition coefficient (Wildman–Crippen LogP) is 1.30. The third-order valence-corrected chi connectivity index (χ3v) is 3.91. The van der Waals surface area contributed by atoms with Crippen LogP contribution in [0.25, 0.3) is 0 Å². The Kier molecular flexibility index (Phi) is 4.73. The Morgan fingerprint density at radius 3 is 2.86 bits per heavy atom. The Labute approximate surface area is 124 Å². The summed E-state index contributed by atoms with van der Waals surface area (Å²) < 4.78 is 0. The van der Waals surface area contributed by atoms with E-state index in [2.05, 4.69) is 12.2 Å². The molecule has 0 spiro atoms. The molecule has 0 bridgehead atoms. The highest BCUT2D eigenvalue weighted by molar-refractivity contribution is 5.99. The molecule has 21 heavy (non-hydrogen) atoms. The van der Waals surface area contributed by atoms with Crippen molar-refractivity contribution in [3.8, 4) is 0 Å². The van der Waals surface area contributed by atoms with Crippen molar-refractivity contribution in [2.24, 2.45) is 0 Å². The van der Waals surface area contributed by atoms with Crippen LogP contribution in [0.2, 0.25) is 0 Å². The SMILES string of the molecule is CCc1ccc2c(c1)CN(C(C=O)CCC(=O)NC)C2=O. The molecule has 1 aliphatic heterocycles. The molecule has 0 saturated carbocycles. The van der Waals surface area contributed by atoms with Crippen LogP contribution in [0.3, 0.4) is 0 Å². The van der Waals surface area contributed by atoms with Gasteiger partial charge in [-0.3, -0.25) is 9.59 Å². The quantitative estimate of drug-likeness (QED) is 0.802. The number of amides is 2. The van der Waals surface area contributed by atoms with Crippen LogP contribution in [0.15, 0.2) is 18.2 Å². The fourth-order valence-electron chi connectivity index (χ4n) is 2.59. The fraction of sp³-hybridized carbons (Fsp3) is 0.438. The van der Waals surface area contributed by atoms with Crippen LogP contribution in [0.1, 0.15) is 41.3 Å².